The van der Waals surface area contributed by atoms with Gasteiger partial charge < -0.3 is 4.90 Å². The van der Waals surface area contributed by atoms with E-state index in [9.17, 15) is 14.0 Å². The molecule has 1 heterocycles. The quantitative estimate of drug-likeness (QED) is 0.534. The standard InChI is InChI=1S/C19H16Br2FN3O2/c1-2-24(9-12-7-13(20)3-5-16(12)22)18(26)10-25-11-23-17-6-4-14(21)8-15(17)19(25)27/h3-8,11H,2,9-10H2,1H3. The molecule has 0 fully saturated rings. The summed E-state index contributed by atoms with van der Waals surface area (Å²) in [6, 6.07) is 9.83. The Morgan fingerprint density at radius 1 is 1.19 bits per heavy atom. The molecule has 5 nitrogen and oxygen atoms in total. The zero-order chi connectivity index (χ0) is 19.6. The lowest BCUT2D eigenvalue weighted by Crippen LogP contribution is -2.36. The summed E-state index contributed by atoms with van der Waals surface area (Å²) < 4.78 is 16.8. The van der Waals surface area contributed by atoms with E-state index in [1.165, 1.54) is 21.9 Å². The van der Waals surface area contributed by atoms with Crippen molar-refractivity contribution >= 4 is 48.7 Å². The molecule has 0 spiro atoms. The number of carbonyl (C=O) groups is 1. The molecule has 3 aromatic rings. The summed E-state index contributed by atoms with van der Waals surface area (Å²) in [6.45, 7) is 2.18. The smallest absolute Gasteiger partial charge is 0.261 e. The van der Waals surface area contributed by atoms with Gasteiger partial charge in [0.1, 0.15) is 12.4 Å². The first kappa shape index (κ1) is 19.7. The average Bonchev–Trinajstić information content (AvgIpc) is 2.65. The fourth-order valence-corrected chi connectivity index (χ4v) is 3.51. The van der Waals surface area contributed by atoms with E-state index in [0.29, 0.717) is 23.0 Å². The molecular weight excluding hydrogens is 481 g/mol. The summed E-state index contributed by atoms with van der Waals surface area (Å²) in [4.78, 5) is 31.1. The number of amides is 1. The number of halogens is 3. The topological polar surface area (TPSA) is 55.2 Å². The molecule has 0 saturated heterocycles. The molecule has 0 aliphatic heterocycles. The fraction of sp³-hybridized carbons (Fsp3) is 0.211. The summed E-state index contributed by atoms with van der Waals surface area (Å²) in [6.07, 6.45) is 1.37. The van der Waals surface area contributed by atoms with Crippen molar-refractivity contribution in [3.63, 3.8) is 0 Å². The lowest BCUT2D eigenvalue weighted by atomic mass is 10.2. The summed E-state index contributed by atoms with van der Waals surface area (Å²) in [5, 5.41) is 0.431. The molecule has 0 unspecified atom stereocenters. The third-order valence-electron chi connectivity index (χ3n) is 4.20. The predicted molar refractivity (Wildman–Crippen MR) is 109 cm³/mol. The van der Waals surface area contributed by atoms with Crippen LogP contribution in [-0.2, 0) is 17.9 Å². The van der Waals surface area contributed by atoms with Crippen LogP contribution < -0.4 is 5.56 Å². The number of benzene rings is 2. The number of hydrogen-bond donors (Lipinski definition) is 0. The molecule has 3 rings (SSSR count). The number of aromatic nitrogens is 2. The Morgan fingerprint density at radius 3 is 2.63 bits per heavy atom. The molecule has 140 valence electrons. The van der Waals surface area contributed by atoms with E-state index >= 15 is 0 Å². The van der Waals surface area contributed by atoms with Crippen LogP contribution in [0.3, 0.4) is 0 Å². The van der Waals surface area contributed by atoms with Crippen LogP contribution in [0.4, 0.5) is 4.39 Å². The minimum Gasteiger partial charge on any atom is -0.337 e. The Labute approximate surface area is 172 Å². The van der Waals surface area contributed by atoms with Crippen LogP contribution in [0.2, 0.25) is 0 Å². The van der Waals surface area contributed by atoms with Crippen molar-refractivity contribution in [3.05, 3.63) is 73.4 Å². The van der Waals surface area contributed by atoms with Crippen LogP contribution in [0.1, 0.15) is 12.5 Å². The van der Waals surface area contributed by atoms with Crippen molar-refractivity contribution < 1.29 is 9.18 Å². The second-order valence-corrected chi connectivity index (χ2v) is 7.81. The monoisotopic (exact) mass is 495 g/mol. The Hall–Kier alpha value is -2.06. The maximum Gasteiger partial charge on any atom is 0.261 e. The van der Waals surface area contributed by atoms with Gasteiger partial charge in [-0.3, -0.25) is 14.2 Å². The number of hydrogen-bond acceptors (Lipinski definition) is 3. The third-order valence-corrected chi connectivity index (χ3v) is 5.18. The second kappa shape index (κ2) is 8.31. The highest BCUT2D eigenvalue weighted by Gasteiger charge is 2.16. The van der Waals surface area contributed by atoms with Gasteiger partial charge in [0.15, 0.2) is 0 Å². The van der Waals surface area contributed by atoms with Gasteiger partial charge in [-0.05, 0) is 43.3 Å². The lowest BCUT2D eigenvalue weighted by molar-refractivity contribution is -0.132. The van der Waals surface area contributed by atoms with Gasteiger partial charge in [-0.25, -0.2) is 9.37 Å². The maximum atomic E-state index is 14.0. The van der Waals surface area contributed by atoms with Gasteiger partial charge in [0.25, 0.3) is 5.56 Å². The first-order valence-electron chi connectivity index (χ1n) is 8.25. The van der Waals surface area contributed by atoms with Gasteiger partial charge in [0.2, 0.25) is 5.91 Å². The summed E-state index contributed by atoms with van der Waals surface area (Å²) in [5.74, 6) is -0.658. The molecule has 0 aliphatic carbocycles. The molecule has 0 radical (unpaired) electrons. The van der Waals surface area contributed by atoms with Gasteiger partial charge in [0, 0.05) is 27.6 Å². The van der Waals surface area contributed by atoms with E-state index in [0.717, 1.165) is 8.95 Å². The minimum atomic E-state index is -0.376. The van der Waals surface area contributed by atoms with Gasteiger partial charge in [-0.15, -0.1) is 0 Å². The highest BCUT2D eigenvalue weighted by Crippen LogP contribution is 2.18. The van der Waals surface area contributed by atoms with Crippen molar-refractivity contribution in [3.8, 4) is 0 Å². The minimum absolute atomic E-state index is 0.127. The van der Waals surface area contributed by atoms with E-state index in [-0.39, 0.29) is 30.4 Å². The first-order chi connectivity index (χ1) is 12.9. The molecule has 0 bridgehead atoms. The number of carbonyl (C=O) groups excluding carboxylic acids is 1. The van der Waals surface area contributed by atoms with E-state index in [1.807, 2.05) is 6.92 Å². The van der Waals surface area contributed by atoms with Crippen molar-refractivity contribution in [2.75, 3.05) is 6.54 Å². The summed E-state index contributed by atoms with van der Waals surface area (Å²) in [7, 11) is 0. The molecule has 8 heteroatoms. The predicted octanol–water partition coefficient (Wildman–Crippen LogP) is 4.11. The Balaban J connectivity index is 1.85. The van der Waals surface area contributed by atoms with Crippen molar-refractivity contribution in [2.24, 2.45) is 0 Å². The Morgan fingerprint density at radius 2 is 1.89 bits per heavy atom. The second-order valence-electron chi connectivity index (χ2n) is 5.98. The van der Waals surface area contributed by atoms with Crippen LogP contribution >= 0.6 is 31.9 Å². The van der Waals surface area contributed by atoms with E-state index < -0.39 is 0 Å². The zero-order valence-corrected chi connectivity index (χ0v) is 17.6. The maximum absolute atomic E-state index is 14.0. The molecule has 27 heavy (non-hydrogen) atoms. The van der Waals surface area contributed by atoms with Crippen LogP contribution in [0, 0.1) is 5.82 Å². The number of likely N-dealkylation sites (N-methyl/N-ethyl adjacent to an activating group) is 1. The highest BCUT2D eigenvalue weighted by molar-refractivity contribution is 9.10. The number of fused-ring (bicyclic) bond motifs is 1. The van der Waals surface area contributed by atoms with Gasteiger partial charge >= 0.3 is 0 Å². The van der Waals surface area contributed by atoms with Crippen molar-refractivity contribution in [1.29, 1.82) is 0 Å². The van der Waals surface area contributed by atoms with E-state index in [2.05, 4.69) is 36.8 Å². The molecule has 2 aromatic carbocycles. The van der Waals surface area contributed by atoms with Gasteiger partial charge in [-0.2, -0.15) is 0 Å². The fourth-order valence-electron chi connectivity index (χ4n) is 2.74. The Kier molecular flexibility index (Phi) is 6.06. The largest absolute Gasteiger partial charge is 0.337 e. The highest BCUT2D eigenvalue weighted by atomic mass is 79.9. The molecule has 1 aromatic heterocycles. The number of rotatable bonds is 5. The summed E-state index contributed by atoms with van der Waals surface area (Å²) in [5.41, 5.74) is 0.683. The molecule has 0 atom stereocenters. The van der Waals surface area contributed by atoms with Gasteiger partial charge in [0.05, 0.1) is 17.2 Å². The molecular formula is C19H16Br2FN3O2. The van der Waals surface area contributed by atoms with Crippen molar-refractivity contribution in [2.45, 2.75) is 20.0 Å². The van der Waals surface area contributed by atoms with Gasteiger partial charge in [-0.1, -0.05) is 31.9 Å². The molecule has 0 aliphatic rings. The summed E-state index contributed by atoms with van der Waals surface area (Å²) >= 11 is 6.65. The van der Waals surface area contributed by atoms with Crippen LogP contribution in [-0.4, -0.2) is 26.9 Å². The first-order valence-corrected chi connectivity index (χ1v) is 9.84. The van der Waals surface area contributed by atoms with Crippen LogP contribution in [0.5, 0.6) is 0 Å². The Bertz CT molecular complexity index is 1070. The molecule has 0 N–H and O–H groups in total. The van der Waals surface area contributed by atoms with E-state index in [4.69, 9.17) is 0 Å². The van der Waals surface area contributed by atoms with Crippen LogP contribution in [0.15, 0.2) is 56.5 Å². The normalized spacial score (nSPS) is 11.0. The zero-order valence-electron chi connectivity index (χ0n) is 14.5. The van der Waals surface area contributed by atoms with E-state index in [1.54, 1.807) is 30.3 Å². The van der Waals surface area contributed by atoms with Crippen molar-refractivity contribution in [1.82, 2.24) is 14.5 Å². The average molecular weight is 497 g/mol. The molecule has 0 saturated carbocycles. The van der Waals surface area contributed by atoms with Crippen LogP contribution in [0.25, 0.3) is 10.9 Å². The molecule has 1 amide bonds. The third kappa shape index (κ3) is 4.44. The lowest BCUT2D eigenvalue weighted by Gasteiger charge is -2.22. The number of nitrogens with zero attached hydrogens (tertiary/aromatic N) is 3. The SMILES string of the molecule is CCN(Cc1cc(Br)ccc1F)C(=O)Cn1cnc2ccc(Br)cc2c1=O.